The molecule has 0 saturated carbocycles. The van der Waals surface area contributed by atoms with Crippen molar-refractivity contribution in [3.05, 3.63) is 70.5 Å². The number of morpholine rings is 1. The summed E-state index contributed by atoms with van der Waals surface area (Å²) in [6.07, 6.45) is -0.595. The third kappa shape index (κ3) is 4.31. The molecular weight excluding hydrogens is 385 g/mol. The Bertz CT molecular complexity index is 877. The first-order valence-electron chi connectivity index (χ1n) is 8.43. The van der Waals surface area contributed by atoms with Gasteiger partial charge >= 0.3 is 0 Å². The molecule has 1 amide bonds. The van der Waals surface area contributed by atoms with E-state index in [0.29, 0.717) is 11.6 Å². The van der Waals surface area contributed by atoms with Gasteiger partial charge in [0.25, 0.3) is 5.91 Å². The largest absolute Gasteiger partial charge is 0.374 e. The van der Waals surface area contributed by atoms with Crippen LogP contribution in [0.3, 0.4) is 0 Å². The van der Waals surface area contributed by atoms with Gasteiger partial charge in [-0.3, -0.25) is 4.79 Å². The molecule has 9 heteroatoms. The number of amides is 1. The summed E-state index contributed by atoms with van der Waals surface area (Å²) in [6.45, 7) is 0.127. The number of ether oxygens (including phenoxy) is 2. The van der Waals surface area contributed by atoms with Gasteiger partial charge in [0.2, 0.25) is 0 Å². The predicted molar refractivity (Wildman–Crippen MR) is 88.0 cm³/mol. The molecule has 1 aliphatic heterocycles. The average molecular weight is 401 g/mol. The van der Waals surface area contributed by atoms with E-state index in [0.717, 1.165) is 4.90 Å². The lowest BCUT2D eigenvalue weighted by Crippen LogP contribution is -2.47. The highest BCUT2D eigenvalue weighted by atomic mass is 19.2. The highest BCUT2D eigenvalue weighted by molar-refractivity contribution is 5.94. The highest BCUT2D eigenvalue weighted by Crippen LogP contribution is 2.21. The second-order valence-electron chi connectivity index (χ2n) is 6.20. The minimum Gasteiger partial charge on any atom is -0.374 e. The highest BCUT2D eigenvalue weighted by Gasteiger charge is 2.30. The quantitative estimate of drug-likeness (QED) is 0.438. The normalized spacial score (nSPS) is 17.0. The maximum absolute atomic E-state index is 13.9. The van der Waals surface area contributed by atoms with Gasteiger partial charge in [-0.1, -0.05) is 18.2 Å². The first kappa shape index (κ1) is 20.2. The van der Waals surface area contributed by atoms with E-state index in [4.69, 9.17) is 9.47 Å². The van der Waals surface area contributed by atoms with Crippen LogP contribution in [0.4, 0.5) is 22.0 Å². The zero-order valence-electron chi connectivity index (χ0n) is 14.6. The van der Waals surface area contributed by atoms with Crippen molar-refractivity contribution in [1.82, 2.24) is 4.90 Å². The molecule has 0 bridgehead atoms. The monoisotopic (exact) mass is 401 g/mol. The standard InChI is InChI=1S/C19H16F5NO3/c20-14-4-2-1-3-11(14)9-27-10-12-8-25(5-6-28-12)19(26)13-7-15(21)17(23)18(24)16(13)22/h1-4,7,12H,5-6,8-10H2/t12-/m1/s1. The van der Waals surface area contributed by atoms with Gasteiger partial charge in [-0.05, 0) is 12.1 Å². The summed E-state index contributed by atoms with van der Waals surface area (Å²) >= 11 is 0. The summed E-state index contributed by atoms with van der Waals surface area (Å²) in [5, 5.41) is 0. The Hall–Kier alpha value is -2.52. The van der Waals surface area contributed by atoms with Crippen molar-refractivity contribution in [2.45, 2.75) is 12.7 Å². The van der Waals surface area contributed by atoms with Crippen molar-refractivity contribution in [1.29, 1.82) is 0 Å². The van der Waals surface area contributed by atoms with Crippen LogP contribution in [0, 0.1) is 29.1 Å². The lowest BCUT2D eigenvalue weighted by atomic mass is 10.1. The topological polar surface area (TPSA) is 38.8 Å². The van der Waals surface area contributed by atoms with Gasteiger partial charge in [0.15, 0.2) is 23.3 Å². The van der Waals surface area contributed by atoms with Crippen molar-refractivity contribution in [2.75, 3.05) is 26.3 Å². The number of carbonyl (C=O) groups is 1. The van der Waals surface area contributed by atoms with Crippen molar-refractivity contribution >= 4 is 5.91 Å². The van der Waals surface area contributed by atoms with Crippen LogP contribution in [-0.4, -0.2) is 43.2 Å². The molecule has 150 valence electrons. The zero-order chi connectivity index (χ0) is 20.3. The smallest absolute Gasteiger partial charge is 0.257 e. The van der Waals surface area contributed by atoms with Crippen molar-refractivity contribution in [3.8, 4) is 0 Å². The number of carbonyl (C=O) groups excluding carboxylic acids is 1. The van der Waals surface area contributed by atoms with Crippen molar-refractivity contribution in [2.24, 2.45) is 0 Å². The summed E-state index contributed by atoms with van der Waals surface area (Å²) in [5.74, 6) is -8.82. The van der Waals surface area contributed by atoms with Crippen LogP contribution in [-0.2, 0) is 16.1 Å². The lowest BCUT2D eigenvalue weighted by molar-refractivity contribution is -0.0650. The summed E-state index contributed by atoms with van der Waals surface area (Å²) in [7, 11) is 0. The van der Waals surface area contributed by atoms with E-state index in [-0.39, 0.29) is 32.9 Å². The molecule has 2 aromatic carbocycles. The summed E-state index contributed by atoms with van der Waals surface area (Å²) in [6, 6.07) is 6.40. The van der Waals surface area contributed by atoms with Crippen LogP contribution in [0.2, 0.25) is 0 Å². The molecule has 0 spiro atoms. The van der Waals surface area contributed by atoms with Gasteiger partial charge in [0.1, 0.15) is 5.82 Å². The molecule has 0 radical (unpaired) electrons. The number of hydrogen-bond donors (Lipinski definition) is 0. The molecular formula is C19H16F5NO3. The number of benzene rings is 2. The Morgan fingerprint density at radius 3 is 2.57 bits per heavy atom. The maximum Gasteiger partial charge on any atom is 0.257 e. The fraction of sp³-hybridized carbons (Fsp3) is 0.316. The third-order valence-electron chi connectivity index (χ3n) is 4.28. The molecule has 3 rings (SSSR count). The predicted octanol–water partition coefficient (Wildman–Crippen LogP) is 3.44. The van der Waals surface area contributed by atoms with Crippen LogP contribution >= 0.6 is 0 Å². The number of hydrogen-bond acceptors (Lipinski definition) is 3. The molecule has 4 nitrogen and oxygen atoms in total. The molecule has 1 saturated heterocycles. The molecule has 1 fully saturated rings. The number of nitrogens with zero attached hydrogens (tertiary/aromatic N) is 1. The van der Waals surface area contributed by atoms with Gasteiger partial charge in [-0.2, -0.15) is 0 Å². The van der Waals surface area contributed by atoms with Crippen molar-refractivity contribution < 1.29 is 36.2 Å². The van der Waals surface area contributed by atoms with Gasteiger partial charge in [0.05, 0.1) is 31.5 Å². The second kappa shape index (κ2) is 8.66. The molecule has 2 aromatic rings. The van der Waals surface area contributed by atoms with Crippen molar-refractivity contribution in [3.63, 3.8) is 0 Å². The lowest BCUT2D eigenvalue weighted by Gasteiger charge is -2.33. The molecule has 0 unspecified atom stereocenters. The average Bonchev–Trinajstić information content (AvgIpc) is 2.70. The zero-order valence-corrected chi connectivity index (χ0v) is 14.6. The summed E-state index contributed by atoms with van der Waals surface area (Å²) < 4.78 is 78.1. The Morgan fingerprint density at radius 1 is 1.07 bits per heavy atom. The molecule has 1 atom stereocenters. The summed E-state index contributed by atoms with van der Waals surface area (Å²) in [4.78, 5) is 13.5. The van der Waals surface area contributed by atoms with E-state index >= 15 is 0 Å². The first-order chi connectivity index (χ1) is 13.4. The molecule has 1 aliphatic rings. The summed E-state index contributed by atoms with van der Waals surface area (Å²) in [5.41, 5.74) is -0.546. The second-order valence-corrected chi connectivity index (χ2v) is 6.20. The van der Waals surface area contributed by atoms with Crippen LogP contribution in [0.1, 0.15) is 15.9 Å². The van der Waals surface area contributed by atoms with Gasteiger partial charge in [0, 0.05) is 18.7 Å². The fourth-order valence-corrected chi connectivity index (χ4v) is 2.82. The van der Waals surface area contributed by atoms with Gasteiger partial charge < -0.3 is 14.4 Å². The van der Waals surface area contributed by atoms with E-state index in [1.165, 1.54) is 6.07 Å². The van der Waals surface area contributed by atoms with Crippen LogP contribution in [0.15, 0.2) is 30.3 Å². The minimum absolute atomic E-state index is 0.0104. The third-order valence-corrected chi connectivity index (χ3v) is 4.28. The Morgan fingerprint density at radius 2 is 1.82 bits per heavy atom. The maximum atomic E-state index is 13.9. The molecule has 0 aliphatic carbocycles. The molecule has 0 N–H and O–H groups in total. The Balaban J connectivity index is 1.62. The van der Waals surface area contributed by atoms with E-state index in [2.05, 4.69) is 0 Å². The minimum atomic E-state index is -2.04. The van der Waals surface area contributed by atoms with E-state index in [1.807, 2.05) is 0 Å². The molecule has 28 heavy (non-hydrogen) atoms. The van der Waals surface area contributed by atoms with Crippen LogP contribution in [0.25, 0.3) is 0 Å². The van der Waals surface area contributed by atoms with Crippen LogP contribution < -0.4 is 0 Å². The molecule has 1 heterocycles. The van der Waals surface area contributed by atoms with Gasteiger partial charge in [-0.25, -0.2) is 22.0 Å². The van der Waals surface area contributed by atoms with E-state index in [1.54, 1.807) is 18.2 Å². The number of rotatable bonds is 5. The van der Waals surface area contributed by atoms with Gasteiger partial charge in [-0.15, -0.1) is 0 Å². The SMILES string of the molecule is O=C(c1cc(F)c(F)c(F)c1F)N1CCO[C@@H](COCc2ccccc2F)C1. The fourth-order valence-electron chi connectivity index (χ4n) is 2.82. The molecule has 0 aromatic heterocycles. The Labute approximate surface area is 157 Å². The van der Waals surface area contributed by atoms with E-state index < -0.39 is 46.7 Å². The Kier molecular flexibility index (Phi) is 6.25. The first-order valence-corrected chi connectivity index (χ1v) is 8.43. The number of halogens is 5. The van der Waals surface area contributed by atoms with E-state index in [9.17, 15) is 26.7 Å². The van der Waals surface area contributed by atoms with Crippen LogP contribution in [0.5, 0.6) is 0 Å².